The Hall–Kier alpha value is -7.89. The third kappa shape index (κ3) is 6.93. The first-order valence-electron chi connectivity index (χ1n) is 19.3. The molecule has 0 aliphatic rings. The second-order valence-corrected chi connectivity index (χ2v) is 14.1. The zero-order chi connectivity index (χ0) is 38.7. The molecule has 8 aromatic carbocycles. The van der Waals surface area contributed by atoms with Gasteiger partial charge in [0.1, 0.15) is 0 Å². The van der Waals surface area contributed by atoms with Gasteiger partial charge >= 0.3 is 0 Å². The van der Waals surface area contributed by atoms with Gasteiger partial charge in [-0.15, -0.1) is 0 Å². The molecule has 2 heterocycles. The van der Waals surface area contributed by atoms with Crippen LogP contribution in [0.1, 0.15) is 0 Å². The molecule has 0 spiro atoms. The molecular weight excluding hydrogens is 707 g/mol. The van der Waals surface area contributed by atoms with Gasteiger partial charge in [-0.3, -0.25) is 0 Å². The summed E-state index contributed by atoms with van der Waals surface area (Å²) >= 11 is 0. The van der Waals surface area contributed by atoms with Gasteiger partial charge in [-0.1, -0.05) is 206 Å². The van der Waals surface area contributed by atoms with Crippen molar-refractivity contribution in [1.29, 1.82) is 0 Å². The Morgan fingerprint density at radius 3 is 0.897 bits per heavy atom. The van der Waals surface area contributed by atoms with Crippen LogP contribution in [0, 0.1) is 0 Å². The van der Waals surface area contributed by atoms with E-state index < -0.39 is 0 Å². The summed E-state index contributed by atoms with van der Waals surface area (Å²) in [6, 6.07) is 73.0. The minimum atomic E-state index is 0.637. The Labute approximate surface area is 337 Å². The lowest BCUT2D eigenvalue weighted by molar-refractivity contribution is 1.07. The highest BCUT2D eigenvalue weighted by Gasteiger charge is 2.15. The van der Waals surface area contributed by atoms with E-state index >= 15 is 0 Å². The Kier molecular flexibility index (Phi) is 9.14. The maximum atomic E-state index is 5.04. The molecule has 0 saturated carbocycles. The number of fused-ring (bicyclic) bond motifs is 1. The van der Waals surface area contributed by atoms with Crippen molar-refractivity contribution in [2.45, 2.75) is 0 Å². The van der Waals surface area contributed by atoms with Crippen molar-refractivity contribution in [3.63, 3.8) is 0 Å². The third-order valence-electron chi connectivity index (χ3n) is 10.4. The van der Waals surface area contributed by atoms with E-state index in [1.165, 1.54) is 16.3 Å². The van der Waals surface area contributed by atoms with Crippen LogP contribution in [0.4, 0.5) is 0 Å². The Morgan fingerprint density at radius 2 is 0.500 bits per heavy atom. The van der Waals surface area contributed by atoms with Crippen LogP contribution in [-0.2, 0) is 0 Å². The molecule has 0 amide bonds. The molecule has 0 aliphatic carbocycles. The van der Waals surface area contributed by atoms with Gasteiger partial charge < -0.3 is 0 Å². The highest BCUT2D eigenvalue weighted by atomic mass is 15.0. The molecule has 58 heavy (non-hydrogen) atoms. The van der Waals surface area contributed by atoms with Gasteiger partial charge in [0.05, 0.1) is 11.4 Å². The van der Waals surface area contributed by atoms with Crippen molar-refractivity contribution in [2.24, 2.45) is 0 Å². The van der Waals surface area contributed by atoms with E-state index in [9.17, 15) is 0 Å². The average Bonchev–Trinajstić information content (AvgIpc) is 3.32. The summed E-state index contributed by atoms with van der Waals surface area (Å²) in [4.78, 5) is 24.7. The van der Waals surface area contributed by atoms with Gasteiger partial charge in [0.2, 0.25) is 0 Å². The van der Waals surface area contributed by atoms with Crippen molar-refractivity contribution in [3.05, 3.63) is 212 Å². The zero-order valence-electron chi connectivity index (χ0n) is 31.4. The molecule has 0 N–H and O–H groups in total. The van der Waals surface area contributed by atoms with Gasteiger partial charge in [-0.2, -0.15) is 0 Å². The van der Waals surface area contributed by atoms with E-state index in [4.69, 9.17) is 24.9 Å². The minimum Gasteiger partial charge on any atom is -0.228 e. The van der Waals surface area contributed by atoms with Gasteiger partial charge in [-0.05, 0) is 39.1 Å². The van der Waals surface area contributed by atoms with Crippen LogP contribution < -0.4 is 0 Å². The molecule has 5 heteroatoms. The lowest BCUT2D eigenvalue weighted by atomic mass is 9.92. The summed E-state index contributed by atoms with van der Waals surface area (Å²) in [6.45, 7) is 0. The summed E-state index contributed by atoms with van der Waals surface area (Å²) in [5, 5.41) is 2.37. The van der Waals surface area contributed by atoms with Crippen LogP contribution in [0.5, 0.6) is 0 Å². The van der Waals surface area contributed by atoms with E-state index in [-0.39, 0.29) is 0 Å². The van der Waals surface area contributed by atoms with Crippen LogP contribution in [0.25, 0.3) is 101 Å². The number of rotatable bonds is 8. The first-order valence-corrected chi connectivity index (χ1v) is 19.3. The summed E-state index contributed by atoms with van der Waals surface area (Å²) in [5.74, 6) is 2.64. The van der Waals surface area contributed by atoms with Crippen LogP contribution in [-0.4, -0.2) is 24.9 Å². The second kappa shape index (κ2) is 15.3. The molecule has 0 unspecified atom stereocenters. The van der Waals surface area contributed by atoms with E-state index in [0.717, 1.165) is 61.5 Å². The molecule has 272 valence electrons. The molecule has 2 aromatic heterocycles. The van der Waals surface area contributed by atoms with Crippen molar-refractivity contribution >= 4 is 10.8 Å². The van der Waals surface area contributed by atoms with E-state index in [2.05, 4.69) is 115 Å². The SMILES string of the molecule is c1ccc(-c2cc(-c3ccc(-c4cccc5c(-c6ccc(-c7nc(-c8ccccc8)nc(-c8ccccc8)n7)cc6)cccc45)cc3)nc(-c3ccccc3)n2)cc1. The Bertz CT molecular complexity index is 2680. The maximum absolute atomic E-state index is 5.04. The Morgan fingerprint density at radius 1 is 0.207 bits per heavy atom. The zero-order valence-corrected chi connectivity index (χ0v) is 31.4. The smallest absolute Gasteiger partial charge is 0.164 e. The van der Waals surface area contributed by atoms with Crippen LogP contribution in [0.15, 0.2) is 212 Å². The van der Waals surface area contributed by atoms with Crippen LogP contribution >= 0.6 is 0 Å². The first kappa shape index (κ1) is 34.6. The molecule has 0 radical (unpaired) electrons. The van der Waals surface area contributed by atoms with E-state index in [0.29, 0.717) is 23.3 Å². The van der Waals surface area contributed by atoms with Crippen molar-refractivity contribution in [3.8, 4) is 90.3 Å². The van der Waals surface area contributed by atoms with Gasteiger partial charge in [0, 0.05) is 33.4 Å². The van der Waals surface area contributed by atoms with E-state index in [1.807, 2.05) is 97.1 Å². The standard InChI is InChI=1S/C53H35N5/c1-5-15-38(16-6-1)48-35-49(55-50(54-48)40-17-7-2-8-18-40)39-31-27-36(28-32-39)44-23-13-26-47-45(24-14-25-46(44)47)37-29-33-43(34-30-37)53-57-51(41-19-9-3-10-20-41)56-52(58-53)42-21-11-4-12-22-42/h1-35H. The molecule has 10 rings (SSSR count). The lowest BCUT2D eigenvalue weighted by Gasteiger charge is -2.13. The molecule has 0 fully saturated rings. The average molecular weight is 742 g/mol. The Balaban J connectivity index is 0.982. The maximum Gasteiger partial charge on any atom is 0.164 e. The third-order valence-corrected chi connectivity index (χ3v) is 10.4. The molecule has 10 aromatic rings. The summed E-state index contributed by atoms with van der Waals surface area (Å²) < 4.78 is 0. The number of hydrogen-bond donors (Lipinski definition) is 0. The fraction of sp³-hybridized carbons (Fsp3) is 0. The number of aromatic nitrogens is 5. The molecule has 0 aliphatic heterocycles. The molecule has 0 bridgehead atoms. The summed E-state index contributed by atoms with van der Waals surface area (Å²) in [7, 11) is 0. The van der Waals surface area contributed by atoms with Gasteiger partial charge in [0.15, 0.2) is 23.3 Å². The van der Waals surface area contributed by atoms with Crippen molar-refractivity contribution in [2.75, 3.05) is 0 Å². The van der Waals surface area contributed by atoms with Crippen LogP contribution in [0.2, 0.25) is 0 Å². The highest BCUT2D eigenvalue weighted by Crippen LogP contribution is 2.37. The number of hydrogen-bond acceptors (Lipinski definition) is 5. The lowest BCUT2D eigenvalue weighted by Crippen LogP contribution is -2.00. The minimum absolute atomic E-state index is 0.637. The second-order valence-electron chi connectivity index (χ2n) is 14.1. The van der Waals surface area contributed by atoms with Crippen molar-refractivity contribution in [1.82, 2.24) is 24.9 Å². The number of benzene rings is 8. The molecule has 0 saturated heterocycles. The fourth-order valence-electron chi connectivity index (χ4n) is 7.44. The van der Waals surface area contributed by atoms with E-state index in [1.54, 1.807) is 0 Å². The quantitative estimate of drug-likeness (QED) is 0.155. The molecule has 5 nitrogen and oxygen atoms in total. The largest absolute Gasteiger partial charge is 0.228 e. The summed E-state index contributed by atoms with van der Waals surface area (Å²) in [6.07, 6.45) is 0. The van der Waals surface area contributed by atoms with Crippen LogP contribution in [0.3, 0.4) is 0 Å². The summed E-state index contributed by atoms with van der Waals surface area (Å²) in [5.41, 5.74) is 12.3. The highest BCUT2D eigenvalue weighted by molar-refractivity contribution is 6.04. The van der Waals surface area contributed by atoms with Gasteiger partial charge in [0.25, 0.3) is 0 Å². The predicted molar refractivity (Wildman–Crippen MR) is 236 cm³/mol. The predicted octanol–water partition coefficient (Wildman–Crippen LogP) is 13.2. The topological polar surface area (TPSA) is 64.5 Å². The number of nitrogens with zero attached hydrogens (tertiary/aromatic N) is 5. The fourth-order valence-corrected chi connectivity index (χ4v) is 7.44. The molecular formula is C53H35N5. The monoisotopic (exact) mass is 741 g/mol. The first-order chi connectivity index (χ1) is 28.7. The van der Waals surface area contributed by atoms with Crippen molar-refractivity contribution < 1.29 is 0 Å². The normalized spacial score (nSPS) is 11.1. The molecule has 0 atom stereocenters. The van der Waals surface area contributed by atoms with Gasteiger partial charge in [-0.25, -0.2) is 24.9 Å².